The molecule has 0 spiro atoms. The highest BCUT2D eigenvalue weighted by Gasteiger charge is 2.20. The maximum absolute atomic E-state index is 13.7. The Balaban J connectivity index is 1.36. The van der Waals surface area contributed by atoms with Gasteiger partial charge in [-0.25, -0.2) is 9.37 Å². The van der Waals surface area contributed by atoms with Crippen LogP contribution >= 0.6 is 47.8 Å². The number of fused-ring (bicyclic) bond motifs is 2. The smallest absolute Gasteiger partial charge is 0.282 e. The molecule has 0 saturated carbocycles. The first-order valence-corrected chi connectivity index (χ1v) is 16.2. The van der Waals surface area contributed by atoms with Crippen molar-refractivity contribution < 1.29 is 23.1 Å². The number of ether oxygens (including phenoxy) is 2. The third-order valence-electron chi connectivity index (χ3n) is 6.70. The summed E-state index contributed by atoms with van der Waals surface area (Å²) in [6, 6.07) is 21.5. The molecule has 2 aromatic heterocycles. The van der Waals surface area contributed by atoms with Gasteiger partial charge in [0, 0.05) is 25.6 Å². The Labute approximate surface area is 286 Å². The van der Waals surface area contributed by atoms with E-state index >= 15 is 0 Å². The van der Waals surface area contributed by atoms with Crippen molar-refractivity contribution in [3.05, 3.63) is 114 Å². The lowest BCUT2D eigenvalue weighted by molar-refractivity contribution is -0.118. The maximum Gasteiger partial charge on any atom is 0.282 e. The number of hydrogen-bond acceptors (Lipinski definition) is 7. The fourth-order valence-corrected chi connectivity index (χ4v) is 5.91. The summed E-state index contributed by atoms with van der Waals surface area (Å²) in [5, 5.41) is 8.43. The van der Waals surface area contributed by atoms with Gasteiger partial charge >= 0.3 is 0 Å². The van der Waals surface area contributed by atoms with Crippen molar-refractivity contribution in [2.24, 2.45) is 5.10 Å². The maximum atomic E-state index is 13.7. The highest BCUT2D eigenvalue weighted by molar-refractivity contribution is 9.13. The average molecular weight is 813 g/mol. The topological polar surface area (TPSA) is 108 Å². The van der Waals surface area contributed by atoms with Crippen LogP contribution in [0, 0.1) is 5.82 Å². The minimum Gasteiger partial charge on any atom is -0.490 e. The van der Waals surface area contributed by atoms with Crippen molar-refractivity contribution >= 4 is 87.5 Å². The number of nitrogens with one attached hydrogen (secondary N) is 1. The number of aromatic nitrogens is 2. The molecule has 0 bridgehead atoms. The van der Waals surface area contributed by atoms with Gasteiger partial charge < -0.3 is 19.2 Å². The van der Waals surface area contributed by atoms with Gasteiger partial charge in [0.15, 0.2) is 23.9 Å². The van der Waals surface area contributed by atoms with Crippen molar-refractivity contribution in [1.82, 2.24) is 9.66 Å². The highest BCUT2D eigenvalue weighted by Crippen LogP contribution is 2.42. The van der Waals surface area contributed by atoms with E-state index in [1.165, 1.54) is 35.2 Å². The molecule has 0 aliphatic heterocycles. The van der Waals surface area contributed by atoms with Crippen molar-refractivity contribution in [2.45, 2.75) is 6.92 Å². The van der Waals surface area contributed by atoms with Gasteiger partial charge in [0.25, 0.3) is 11.5 Å². The van der Waals surface area contributed by atoms with Crippen molar-refractivity contribution in [2.75, 3.05) is 18.5 Å². The van der Waals surface area contributed by atoms with E-state index in [-0.39, 0.29) is 23.7 Å². The van der Waals surface area contributed by atoms with Gasteiger partial charge in [-0.1, -0.05) is 28.1 Å². The molecular weight excluding hydrogens is 791 g/mol. The Bertz CT molecular complexity index is 2200. The Morgan fingerprint density at radius 2 is 1.80 bits per heavy atom. The number of benzene rings is 4. The summed E-state index contributed by atoms with van der Waals surface area (Å²) in [6.07, 6.45) is 1.49. The molecule has 1 amide bonds. The highest BCUT2D eigenvalue weighted by atomic mass is 79.9. The van der Waals surface area contributed by atoms with E-state index in [1.807, 2.05) is 31.2 Å². The summed E-state index contributed by atoms with van der Waals surface area (Å²) >= 11 is 10.6. The second-order valence-corrected chi connectivity index (χ2v) is 12.3. The monoisotopic (exact) mass is 810 g/mol. The quantitative estimate of drug-likeness (QED) is 0.147. The molecule has 232 valence electrons. The molecule has 13 heteroatoms. The van der Waals surface area contributed by atoms with E-state index in [0.29, 0.717) is 54.8 Å². The first-order chi connectivity index (χ1) is 22.2. The van der Waals surface area contributed by atoms with Crippen LogP contribution in [0.1, 0.15) is 12.5 Å². The molecule has 6 rings (SSSR count). The molecule has 0 unspecified atom stereocenters. The number of nitrogens with zero attached hydrogens (tertiary/aromatic N) is 3. The summed E-state index contributed by atoms with van der Waals surface area (Å²) in [7, 11) is 0. The molecule has 4 aromatic carbocycles. The van der Waals surface area contributed by atoms with E-state index in [4.69, 9.17) is 18.9 Å². The second-order valence-electron chi connectivity index (χ2n) is 9.80. The van der Waals surface area contributed by atoms with Gasteiger partial charge in [0.2, 0.25) is 5.82 Å². The number of carbonyl (C=O) groups is 1. The number of para-hydroxylation sites is 1. The third kappa shape index (κ3) is 6.62. The van der Waals surface area contributed by atoms with Crippen molar-refractivity contribution in [1.29, 1.82) is 0 Å². The van der Waals surface area contributed by atoms with E-state index in [9.17, 15) is 14.0 Å². The molecule has 0 saturated heterocycles. The van der Waals surface area contributed by atoms with Crippen LogP contribution in [0.15, 0.2) is 107 Å². The van der Waals surface area contributed by atoms with Crippen LogP contribution in [0.5, 0.6) is 11.5 Å². The molecule has 9 nitrogen and oxygen atoms in total. The lowest BCUT2D eigenvalue weighted by Gasteiger charge is -2.16. The zero-order chi connectivity index (χ0) is 32.4. The number of carbonyl (C=O) groups excluding carboxylic acids is 1. The first kappa shape index (κ1) is 31.6. The largest absolute Gasteiger partial charge is 0.490 e. The van der Waals surface area contributed by atoms with Gasteiger partial charge in [-0.2, -0.15) is 9.78 Å². The van der Waals surface area contributed by atoms with Gasteiger partial charge in [0.1, 0.15) is 11.4 Å². The normalized spacial score (nSPS) is 11.4. The number of furan rings is 1. The van der Waals surface area contributed by atoms with Crippen molar-refractivity contribution in [3.8, 4) is 23.1 Å². The van der Waals surface area contributed by atoms with Crippen molar-refractivity contribution in [3.63, 3.8) is 0 Å². The van der Waals surface area contributed by atoms with Gasteiger partial charge in [-0.3, -0.25) is 9.59 Å². The van der Waals surface area contributed by atoms with Crippen LogP contribution in [0.25, 0.3) is 33.5 Å². The number of anilines is 1. The molecule has 46 heavy (non-hydrogen) atoms. The van der Waals surface area contributed by atoms with Crippen LogP contribution in [0.2, 0.25) is 0 Å². The van der Waals surface area contributed by atoms with Crippen LogP contribution < -0.4 is 20.3 Å². The fraction of sp³-hybridized carbons (Fsp3) is 0.0909. The zero-order valence-corrected chi connectivity index (χ0v) is 28.6. The van der Waals surface area contributed by atoms with Crippen LogP contribution in [-0.2, 0) is 4.79 Å². The Morgan fingerprint density at radius 1 is 1.02 bits per heavy atom. The van der Waals surface area contributed by atoms with Gasteiger partial charge in [0.05, 0.1) is 28.2 Å². The number of amides is 1. The number of hydrogen-bond donors (Lipinski definition) is 1. The number of halogens is 4. The van der Waals surface area contributed by atoms with Crippen LogP contribution in [-0.4, -0.2) is 35.0 Å². The first-order valence-electron chi connectivity index (χ1n) is 13.8. The predicted octanol–water partition coefficient (Wildman–Crippen LogP) is 8.53. The van der Waals surface area contributed by atoms with E-state index in [2.05, 4.69) is 58.2 Å². The molecule has 0 fully saturated rings. The minimum absolute atomic E-state index is 0.222. The third-order valence-corrected chi connectivity index (χ3v) is 9.33. The summed E-state index contributed by atoms with van der Waals surface area (Å²) in [5.74, 6) is 0.343. The molecule has 6 aromatic rings. The molecule has 0 aliphatic carbocycles. The van der Waals surface area contributed by atoms with E-state index < -0.39 is 11.7 Å². The SMILES string of the molecule is CCOc1cc(C=Nn2c(-c3cc4cc(Br)ccc4o3)nc3ccccc3c2=O)c(Br)c(Br)c1OCC(=O)Nc1ccc(F)cc1. The standard InChI is InChI=1S/C33H22Br3FN4O5/c1-2-44-26-15-19(29(35)30(36)31(26)45-17-28(42)39-22-10-8-21(37)9-11-22)16-38-41-32(40-24-6-4-3-5-23(24)33(41)43)27-14-18-13-20(34)7-12-25(18)46-27/h3-16H,2,17H2,1H3,(H,39,42). The lowest BCUT2D eigenvalue weighted by Crippen LogP contribution is -2.21. The molecular formula is C33H22Br3FN4O5. The summed E-state index contributed by atoms with van der Waals surface area (Å²) < 4.78 is 34.1. The van der Waals surface area contributed by atoms with Crippen LogP contribution in [0.3, 0.4) is 0 Å². The molecule has 1 N–H and O–H groups in total. The average Bonchev–Trinajstić information content (AvgIpc) is 3.47. The fourth-order valence-electron chi connectivity index (χ4n) is 4.60. The summed E-state index contributed by atoms with van der Waals surface area (Å²) in [5.41, 5.74) is 1.72. The van der Waals surface area contributed by atoms with E-state index in [1.54, 1.807) is 30.3 Å². The summed E-state index contributed by atoms with van der Waals surface area (Å²) in [4.78, 5) is 31.0. The Morgan fingerprint density at radius 3 is 2.59 bits per heavy atom. The van der Waals surface area contributed by atoms with Gasteiger partial charge in [-0.15, -0.1) is 0 Å². The van der Waals surface area contributed by atoms with Gasteiger partial charge in [-0.05, 0) is 106 Å². The molecule has 0 radical (unpaired) electrons. The lowest BCUT2D eigenvalue weighted by atomic mass is 10.2. The second kappa shape index (κ2) is 13.6. The minimum atomic E-state index is -0.448. The predicted molar refractivity (Wildman–Crippen MR) is 185 cm³/mol. The zero-order valence-electron chi connectivity index (χ0n) is 23.9. The van der Waals surface area contributed by atoms with E-state index in [0.717, 1.165) is 9.86 Å². The molecule has 0 aliphatic rings. The Kier molecular flexibility index (Phi) is 9.34. The molecule has 0 atom stereocenters. The molecule has 2 heterocycles. The van der Waals surface area contributed by atoms with Crippen LogP contribution in [0.4, 0.5) is 10.1 Å². The Hall–Kier alpha value is -4.33. The summed E-state index contributed by atoms with van der Waals surface area (Å²) in [6.45, 7) is 1.78. The number of rotatable bonds is 9.